The minimum Gasteiger partial charge on any atom is -0.494 e. The van der Waals surface area contributed by atoms with Crippen molar-refractivity contribution < 1.29 is 4.74 Å². The van der Waals surface area contributed by atoms with Gasteiger partial charge in [0.1, 0.15) is 5.75 Å². The van der Waals surface area contributed by atoms with E-state index in [1.165, 1.54) is 5.56 Å². The summed E-state index contributed by atoms with van der Waals surface area (Å²) in [6.45, 7) is 10.8. The zero-order valence-electron chi connectivity index (χ0n) is 11.9. The molecule has 0 saturated heterocycles. The van der Waals surface area contributed by atoms with E-state index >= 15 is 0 Å². The third-order valence-corrected chi connectivity index (χ3v) is 2.32. The van der Waals surface area contributed by atoms with E-state index in [2.05, 4.69) is 19.1 Å². The van der Waals surface area contributed by atoms with Crippen LogP contribution in [-0.2, 0) is 6.42 Å². The van der Waals surface area contributed by atoms with Crippen LogP contribution in [0.25, 0.3) is 0 Å². The SMILES string of the molecule is CC.CCc1cccc(OCCC(C)(C)N)c1. The number of rotatable bonds is 5. The molecule has 1 aromatic rings. The number of ether oxygens (including phenoxy) is 1. The third kappa shape index (κ3) is 7.81. The number of hydrogen-bond acceptors (Lipinski definition) is 2. The Morgan fingerprint density at radius 3 is 2.41 bits per heavy atom. The highest BCUT2D eigenvalue weighted by Crippen LogP contribution is 2.14. The van der Waals surface area contributed by atoms with Crippen LogP contribution in [-0.4, -0.2) is 12.1 Å². The highest BCUT2D eigenvalue weighted by Gasteiger charge is 2.10. The molecular formula is C15H27NO. The topological polar surface area (TPSA) is 35.2 Å². The van der Waals surface area contributed by atoms with Gasteiger partial charge in [-0.15, -0.1) is 0 Å². The van der Waals surface area contributed by atoms with E-state index in [0.717, 1.165) is 18.6 Å². The van der Waals surface area contributed by atoms with E-state index in [1.54, 1.807) is 0 Å². The fraction of sp³-hybridized carbons (Fsp3) is 0.600. The molecule has 0 atom stereocenters. The molecule has 0 aliphatic heterocycles. The van der Waals surface area contributed by atoms with Crippen LogP contribution >= 0.6 is 0 Å². The average molecular weight is 237 g/mol. The fourth-order valence-electron chi connectivity index (χ4n) is 1.29. The molecule has 0 radical (unpaired) electrons. The van der Waals surface area contributed by atoms with Gasteiger partial charge in [0.15, 0.2) is 0 Å². The zero-order chi connectivity index (χ0) is 13.3. The van der Waals surface area contributed by atoms with Gasteiger partial charge < -0.3 is 10.5 Å². The Morgan fingerprint density at radius 1 is 1.24 bits per heavy atom. The van der Waals surface area contributed by atoms with Crippen LogP contribution in [0.2, 0.25) is 0 Å². The second kappa shape index (κ2) is 8.13. The fourth-order valence-corrected chi connectivity index (χ4v) is 1.29. The van der Waals surface area contributed by atoms with Crippen molar-refractivity contribution in [2.45, 2.75) is 53.0 Å². The normalized spacial score (nSPS) is 10.5. The lowest BCUT2D eigenvalue weighted by Crippen LogP contribution is -2.33. The van der Waals surface area contributed by atoms with Crippen molar-refractivity contribution in [3.05, 3.63) is 29.8 Å². The summed E-state index contributed by atoms with van der Waals surface area (Å²) < 4.78 is 5.64. The second-order valence-electron chi connectivity index (χ2n) is 4.59. The van der Waals surface area contributed by atoms with Crippen LogP contribution in [0.1, 0.15) is 46.6 Å². The number of aryl methyl sites for hydroxylation is 1. The first-order valence-corrected chi connectivity index (χ1v) is 6.52. The van der Waals surface area contributed by atoms with Gasteiger partial charge >= 0.3 is 0 Å². The maximum atomic E-state index is 5.88. The molecular weight excluding hydrogens is 210 g/mol. The van der Waals surface area contributed by atoms with Gasteiger partial charge in [0.05, 0.1) is 6.61 Å². The molecule has 0 fully saturated rings. The van der Waals surface area contributed by atoms with E-state index in [-0.39, 0.29) is 5.54 Å². The molecule has 0 aromatic heterocycles. The maximum Gasteiger partial charge on any atom is 0.119 e. The minimum absolute atomic E-state index is 0.150. The Bertz CT molecular complexity index is 302. The number of hydrogen-bond donors (Lipinski definition) is 1. The zero-order valence-corrected chi connectivity index (χ0v) is 11.9. The highest BCUT2D eigenvalue weighted by molar-refractivity contribution is 5.28. The van der Waals surface area contributed by atoms with Gasteiger partial charge in [-0.2, -0.15) is 0 Å². The summed E-state index contributed by atoms with van der Waals surface area (Å²) in [5.41, 5.74) is 7.03. The summed E-state index contributed by atoms with van der Waals surface area (Å²) in [5.74, 6) is 0.943. The quantitative estimate of drug-likeness (QED) is 0.845. The monoisotopic (exact) mass is 237 g/mol. The summed E-state index contributed by atoms with van der Waals surface area (Å²) in [6.07, 6.45) is 1.91. The molecule has 2 N–H and O–H groups in total. The van der Waals surface area contributed by atoms with Gasteiger partial charge in [-0.3, -0.25) is 0 Å². The van der Waals surface area contributed by atoms with Gasteiger partial charge in [0, 0.05) is 5.54 Å². The smallest absolute Gasteiger partial charge is 0.119 e. The maximum absolute atomic E-state index is 5.88. The summed E-state index contributed by atoms with van der Waals surface area (Å²) >= 11 is 0. The first-order valence-electron chi connectivity index (χ1n) is 6.52. The lowest BCUT2D eigenvalue weighted by molar-refractivity contribution is 0.274. The van der Waals surface area contributed by atoms with Crippen LogP contribution in [0.3, 0.4) is 0 Å². The van der Waals surface area contributed by atoms with Crippen molar-refractivity contribution >= 4 is 0 Å². The van der Waals surface area contributed by atoms with Crippen LogP contribution < -0.4 is 10.5 Å². The Labute approximate surface area is 106 Å². The Balaban J connectivity index is 0.00000121. The molecule has 0 heterocycles. The first-order chi connectivity index (χ1) is 8.01. The van der Waals surface area contributed by atoms with Crippen molar-refractivity contribution in [3.63, 3.8) is 0 Å². The Kier molecular flexibility index (Phi) is 7.64. The van der Waals surface area contributed by atoms with E-state index < -0.39 is 0 Å². The van der Waals surface area contributed by atoms with Crippen molar-refractivity contribution in [1.82, 2.24) is 0 Å². The van der Waals surface area contributed by atoms with Crippen LogP contribution in [0, 0.1) is 0 Å². The van der Waals surface area contributed by atoms with Gasteiger partial charge in [0.25, 0.3) is 0 Å². The van der Waals surface area contributed by atoms with Crippen molar-refractivity contribution in [3.8, 4) is 5.75 Å². The van der Waals surface area contributed by atoms with Gasteiger partial charge in [0.2, 0.25) is 0 Å². The van der Waals surface area contributed by atoms with E-state index in [0.29, 0.717) is 6.61 Å². The molecule has 17 heavy (non-hydrogen) atoms. The predicted molar refractivity (Wildman–Crippen MR) is 75.5 cm³/mol. The molecule has 0 bridgehead atoms. The van der Waals surface area contributed by atoms with Crippen molar-refractivity contribution in [2.24, 2.45) is 5.73 Å². The van der Waals surface area contributed by atoms with Gasteiger partial charge in [-0.25, -0.2) is 0 Å². The van der Waals surface area contributed by atoms with Crippen molar-refractivity contribution in [1.29, 1.82) is 0 Å². The second-order valence-corrected chi connectivity index (χ2v) is 4.59. The molecule has 0 aliphatic carbocycles. The van der Waals surface area contributed by atoms with E-state index in [1.807, 2.05) is 39.8 Å². The molecule has 0 unspecified atom stereocenters. The van der Waals surface area contributed by atoms with Gasteiger partial charge in [-0.1, -0.05) is 32.9 Å². The lowest BCUT2D eigenvalue weighted by atomic mass is 10.0. The number of benzene rings is 1. The molecule has 0 amide bonds. The van der Waals surface area contributed by atoms with Crippen LogP contribution in [0.5, 0.6) is 5.75 Å². The average Bonchev–Trinajstić information content (AvgIpc) is 2.30. The molecule has 1 rings (SSSR count). The lowest BCUT2D eigenvalue weighted by Gasteiger charge is -2.18. The molecule has 2 nitrogen and oxygen atoms in total. The highest BCUT2D eigenvalue weighted by atomic mass is 16.5. The molecule has 2 heteroatoms. The summed E-state index contributed by atoms with van der Waals surface area (Å²) in [6, 6.07) is 8.22. The minimum atomic E-state index is -0.150. The summed E-state index contributed by atoms with van der Waals surface area (Å²) in [5, 5.41) is 0. The standard InChI is InChI=1S/C13H21NO.C2H6/c1-4-11-6-5-7-12(10-11)15-9-8-13(2,3)14;1-2/h5-7,10H,4,8-9,14H2,1-3H3;1-2H3. The Morgan fingerprint density at radius 2 is 1.88 bits per heavy atom. The Hall–Kier alpha value is -1.02. The first kappa shape index (κ1) is 16.0. The molecule has 0 spiro atoms. The molecule has 0 aliphatic rings. The van der Waals surface area contributed by atoms with Crippen LogP contribution in [0.4, 0.5) is 0 Å². The molecule has 98 valence electrons. The van der Waals surface area contributed by atoms with E-state index in [9.17, 15) is 0 Å². The third-order valence-electron chi connectivity index (χ3n) is 2.32. The van der Waals surface area contributed by atoms with Gasteiger partial charge in [-0.05, 0) is 44.4 Å². The summed E-state index contributed by atoms with van der Waals surface area (Å²) in [7, 11) is 0. The van der Waals surface area contributed by atoms with Crippen molar-refractivity contribution in [2.75, 3.05) is 6.61 Å². The number of nitrogens with two attached hydrogens (primary N) is 1. The van der Waals surface area contributed by atoms with Crippen LogP contribution in [0.15, 0.2) is 24.3 Å². The predicted octanol–water partition coefficient (Wildman–Crippen LogP) is 3.78. The van der Waals surface area contributed by atoms with E-state index in [4.69, 9.17) is 10.5 Å². The molecule has 0 saturated carbocycles. The molecule has 1 aromatic carbocycles. The summed E-state index contributed by atoms with van der Waals surface area (Å²) in [4.78, 5) is 0. The largest absolute Gasteiger partial charge is 0.494 e.